The number of carbonyl (C=O) groups is 1. The third kappa shape index (κ3) is 2.10. The molecule has 78 valence electrons. The predicted octanol–water partition coefficient (Wildman–Crippen LogP) is 2.35. The maximum absolute atomic E-state index is 12.5. The van der Waals surface area contributed by atoms with Crippen molar-refractivity contribution >= 4 is 21.9 Å². The molecule has 0 saturated carbocycles. The van der Waals surface area contributed by atoms with E-state index < -0.39 is 23.5 Å². The Morgan fingerprint density at radius 1 is 1.67 bits per heavy atom. The summed E-state index contributed by atoms with van der Waals surface area (Å²) in [6, 6.07) is 1.50. The van der Waals surface area contributed by atoms with E-state index in [4.69, 9.17) is 10.4 Å². The molecule has 7 heteroatoms. The van der Waals surface area contributed by atoms with Crippen LogP contribution < -0.4 is 0 Å². The summed E-state index contributed by atoms with van der Waals surface area (Å²) in [5, 5.41) is 17.3. The van der Waals surface area contributed by atoms with Crippen LogP contribution in [0.3, 0.4) is 0 Å². The van der Waals surface area contributed by atoms with Crippen LogP contribution in [0.25, 0.3) is 0 Å². The molecule has 1 aromatic heterocycles. The highest BCUT2D eigenvalue weighted by molar-refractivity contribution is 9.10. The molecule has 0 spiro atoms. The minimum absolute atomic E-state index is 0.270. The molecule has 15 heavy (non-hydrogen) atoms. The Bertz CT molecular complexity index is 457. The fourth-order valence-corrected chi connectivity index (χ4v) is 1.49. The van der Waals surface area contributed by atoms with Crippen molar-refractivity contribution < 1.29 is 18.7 Å². The lowest BCUT2D eigenvalue weighted by molar-refractivity contribution is 0.0683. The Hall–Kier alpha value is -1.55. The number of aromatic nitrogens is 1. The Kier molecular flexibility index (Phi) is 3.31. The number of hydrogen-bond donors (Lipinski definition) is 1. The van der Waals surface area contributed by atoms with E-state index in [1.54, 1.807) is 0 Å². The molecule has 0 aliphatic heterocycles. The fourth-order valence-electron chi connectivity index (χ4n) is 1.02. The molecule has 0 atom stereocenters. The van der Waals surface area contributed by atoms with Crippen molar-refractivity contribution in [2.24, 2.45) is 0 Å². The standard InChI is InChI=1S/C8H3BrF2N2O2/c9-6-5(7(10)11)4(8(14)15)3(1-12)2-13-6/h2,7H,(H,14,15). The minimum Gasteiger partial charge on any atom is -0.478 e. The van der Waals surface area contributed by atoms with Crippen molar-refractivity contribution in [2.75, 3.05) is 0 Å². The van der Waals surface area contributed by atoms with Gasteiger partial charge >= 0.3 is 5.97 Å². The van der Waals surface area contributed by atoms with Gasteiger partial charge in [-0.05, 0) is 15.9 Å². The molecule has 1 rings (SSSR count). The number of hydrogen-bond acceptors (Lipinski definition) is 3. The first kappa shape index (κ1) is 11.5. The third-order valence-corrected chi connectivity index (χ3v) is 2.25. The molecule has 0 aromatic carbocycles. The monoisotopic (exact) mass is 276 g/mol. The third-order valence-electron chi connectivity index (χ3n) is 1.62. The molecule has 0 aliphatic carbocycles. The summed E-state index contributed by atoms with van der Waals surface area (Å²) >= 11 is 2.72. The number of nitriles is 1. The highest BCUT2D eigenvalue weighted by atomic mass is 79.9. The summed E-state index contributed by atoms with van der Waals surface area (Å²) in [7, 11) is 0. The fraction of sp³-hybridized carbons (Fsp3) is 0.125. The largest absolute Gasteiger partial charge is 0.478 e. The average molecular weight is 277 g/mol. The number of carboxylic acid groups (broad SMARTS) is 1. The van der Waals surface area contributed by atoms with E-state index in [1.165, 1.54) is 6.07 Å². The zero-order valence-corrected chi connectivity index (χ0v) is 8.62. The van der Waals surface area contributed by atoms with Gasteiger partial charge in [-0.3, -0.25) is 0 Å². The number of carboxylic acids is 1. The number of nitrogens with zero attached hydrogens (tertiary/aromatic N) is 2. The molecule has 0 unspecified atom stereocenters. The lowest BCUT2D eigenvalue weighted by Gasteiger charge is -2.07. The van der Waals surface area contributed by atoms with E-state index in [-0.39, 0.29) is 10.2 Å². The first-order chi connectivity index (χ1) is 6.99. The summed E-state index contributed by atoms with van der Waals surface area (Å²) in [6.45, 7) is 0. The quantitative estimate of drug-likeness (QED) is 0.842. The van der Waals surface area contributed by atoms with Crippen LogP contribution in [-0.2, 0) is 0 Å². The van der Waals surface area contributed by atoms with Crippen LogP contribution in [0.2, 0.25) is 0 Å². The Labute approximate surface area is 91.3 Å². The molecule has 0 radical (unpaired) electrons. The zero-order valence-electron chi connectivity index (χ0n) is 7.04. The first-order valence-electron chi connectivity index (χ1n) is 3.59. The SMILES string of the molecule is N#Cc1cnc(Br)c(C(F)F)c1C(=O)O. The summed E-state index contributed by atoms with van der Waals surface area (Å²) < 4.78 is 24.8. The maximum atomic E-state index is 12.5. The molecule has 1 aromatic rings. The van der Waals surface area contributed by atoms with Gasteiger partial charge in [0.05, 0.1) is 16.7 Å². The van der Waals surface area contributed by atoms with Crippen molar-refractivity contribution in [3.63, 3.8) is 0 Å². The lowest BCUT2D eigenvalue weighted by atomic mass is 10.1. The number of halogens is 3. The smallest absolute Gasteiger partial charge is 0.337 e. The van der Waals surface area contributed by atoms with E-state index in [1.807, 2.05) is 0 Å². The van der Waals surface area contributed by atoms with Crippen molar-refractivity contribution in [2.45, 2.75) is 6.43 Å². The average Bonchev–Trinajstić information content (AvgIpc) is 2.16. The van der Waals surface area contributed by atoms with Gasteiger partial charge in [-0.15, -0.1) is 0 Å². The van der Waals surface area contributed by atoms with Gasteiger partial charge in [0.2, 0.25) is 0 Å². The molecular formula is C8H3BrF2N2O2. The second-order valence-corrected chi connectivity index (χ2v) is 3.22. The molecule has 0 saturated heterocycles. The van der Waals surface area contributed by atoms with E-state index >= 15 is 0 Å². The van der Waals surface area contributed by atoms with Crippen molar-refractivity contribution in [1.29, 1.82) is 5.26 Å². The highest BCUT2D eigenvalue weighted by Crippen LogP contribution is 2.30. The molecule has 1 N–H and O–H groups in total. The second-order valence-electron chi connectivity index (χ2n) is 2.47. The maximum Gasteiger partial charge on any atom is 0.337 e. The van der Waals surface area contributed by atoms with Gasteiger partial charge < -0.3 is 5.11 Å². The Morgan fingerprint density at radius 3 is 2.67 bits per heavy atom. The molecule has 0 amide bonds. The minimum atomic E-state index is -3.01. The van der Waals surface area contributed by atoms with E-state index in [9.17, 15) is 13.6 Å². The van der Waals surface area contributed by atoms with Crippen LogP contribution in [0, 0.1) is 11.3 Å². The normalized spacial score (nSPS) is 10.1. The van der Waals surface area contributed by atoms with Gasteiger partial charge in [-0.25, -0.2) is 18.6 Å². The van der Waals surface area contributed by atoms with Gasteiger partial charge in [-0.2, -0.15) is 5.26 Å². The van der Waals surface area contributed by atoms with Gasteiger partial charge in [0.15, 0.2) is 0 Å². The van der Waals surface area contributed by atoms with Crippen LogP contribution in [0.4, 0.5) is 8.78 Å². The summed E-state index contributed by atoms with van der Waals surface area (Å²) in [5.74, 6) is -1.58. The van der Waals surface area contributed by atoms with Crippen LogP contribution in [0.15, 0.2) is 10.8 Å². The molecule has 1 heterocycles. The van der Waals surface area contributed by atoms with Crippen molar-refractivity contribution in [3.05, 3.63) is 27.5 Å². The van der Waals surface area contributed by atoms with Gasteiger partial charge in [0.1, 0.15) is 10.7 Å². The van der Waals surface area contributed by atoms with Crippen LogP contribution >= 0.6 is 15.9 Å². The zero-order chi connectivity index (χ0) is 11.6. The number of pyridine rings is 1. The number of alkyl halides is 2. The topological polar surface area (TPSA) is 74.0 Å². The number of aromatic carboxylic acids is 1. The van der Waals surface area contributed by atoms with Crippen molar-refractivity contribution in [3.8, 4) is 6.07 Å². The van der Waals surface area contributed by atoms with Gasteiger partial charge in [0, 0.05) is 6.20 Å². The van der Waals surface area contributed by atoms with E-state index in [0.29, 0.717) is 0 Å². The van der Waals surface area contributed by atoms with Gasteiger partial charge in [0.25, 0.3) is 6.43 Å². The summed E-state index contributed by atoms with van der Waals surface area (Å²) in [4.78, 5) is 14.2. The highest BCUT2D eigenvalue weighted by Gasteiger charge is 2.25. The first-order valence-corrected chi connectivity index (χ1v) is 4.38. The lowest BCUT2D eigenvalue weighted by Crippen LogP contribution is -2.08. The van der Waals surface area contributed by atoms with E-state index in [0.717, 1.165) is 6.20 Å². The summed E-state index contributed by atoms with van der Waals surface area (Å²) in [6.07, 6.45) is -2.08. The van der Waals surface area contributed by atoms with Crippen LogP contribution in [0.5, 0.6) is 0 Å². The molecule has 0 aliphatic rings. The molecule has 4 nitrogen and oxygen atoms in total. The van der Waals surface area contributed by atoms with Gasteiger partial charge in [-0.1, -0.05) is 0 Å². The van der Waals surface area contributed by atoms with Crippen molar-refractivity contribution in [1.82, 2.24) is 4.98 Å². The molecular weight excluding hydrogens is 274 g/mol. The van der Waals surface area contributed by atoms with E-state index in [2.05, 4.69) is 20.9 Å². The predicted molar refractivity (Wildman–Crippen MR) is 48.6 cm³/mol. The second kappa shape index (κ2) is 4.31. The van der Waals surface area contributed by atoms with Crippen LogP contribution in [-0.4, -0.2) is 16.1 Å². The summed E-state index contributed by atoms with van der Waals surface area (Å²) in [5.41, 5.74) is -1.88. The Balaban J connectivity index is 3.60. The van der Waals surface area contributed by atoms with Crippen LogP contribution in [0.1, 0.15) is 27.9 Å². The molecule has 0 fully saturated rings. The number of rotatable bonds is 2. The Morgan fingerprint density at radius 2 is 2.27 bits per heavy atom. The molecule has 0 bridgehead atoms.